The minimum atomic E-state index is 0.416. The van der Waals surface area contributed by atoms with Crippen LogP contribution in [0.5, 0.6) is 0 Å². The summed E-state index contributed by atoms with van der Waals surface area (Å²) in [6.07, 6.45) is 2.24. The monoisotopic (exact) mass is 258 g/mol. The fourth-order valence-electron chi connectivity index (χ4n) is 1.93. The summed E-state index contributed by atoms with van der Waals surface area (Å²) in [4.78, 5) is 0. The van der Waals surface area contributed by atoms with Crippen LogP contribution in [-0.2, 0) is 0 Å². The van der Waals surface area contributed by atoms with Crippen LogP contribution in [0.4, 0.5) is 5.69 Å². The Hall–Kier alpha value is -1.54. The Morgan fingerprint density at radius 1 is 1.26 bits per heavy atom. The first-order valence-electron chi connectivity index (χ1n) is 7.03. The highest BCUT2D eigenvalue weighted by Crippen LogP contribution is 2.21. The molecule has 1 unspecified atom stereocenters. The summed E-state index contributed by atoms with van der Waals surface area (Å²) < 4.78 is 0. The Kier molecular flexibility index (Phi) is 6.37. The third-order valence-electron chi connectivity index (χ3n) is 3.15. The minimum absolute atomic E-state index is 0.416. The van der Waals surface area contributed by atoms with Gasteiger partial charge in [0.25, 0.3) is 0 Å². The van der Waals surface area contributed by atoms with Crippen LogP contribution in [0, 0.1) is 0 Å². The third-order valence-corrected chi connectivity index (χ3v) is 3.15. The van der Waals surface area contributed by atoms with Gasteiger partial charge in [-0.2, -0.15) is 0 Å². The van der Waals surface area contributed by atoms with Crippen LogP contribution in [0.2, 0.25) is 0 Å². The number of anilines is 1. The molecule has 0 radical (unpaired) electrons. The zero-order chi connectivity index (χ0) is 14.3. The number of benzene rings is 1. The topological polar surface area (TPSA) is 24.1 Å². The molecule has 1 rings (SSSR count). The number of nitrogens with one attached hydrogen (secondary N) is 2. The van der Waals surface area contributed by atoms with E-state index in [0.717, 1.165) is 36.3 Å². The Labute approximate surface area is 117 Å². The summed E-state index contributed by atoms with van der Waals surface area (Å²) in [5, 5.41) is 6.87. The highest BCUT2D eigenvalue weighted by Gasteiger charge is 2.08. The zero-order valence-corrected chi connectivity index (χ0v) is 12.4. The minimum Gasteiger partial charge on any atom is -0.356 e. The quantitative estimate of drug-likeness (QED) is 0.664. The van der Waals surface area contributed by atoms with Crippen molar-refractivity contribution < 1.29 is 0 Å². The van der Waals surface area contributed by atoms with Crippen LogP contribution in [0.25, 0.3) is 0 Å². The molecular formula is C17H26N2. The second-order valence-corrected chi connectivity index (χ2v) is 4.92. The molecule has 0 aromatic heterocycles. The molecule has 2 nitrogen and oxygen atoms in total. The summed E-state index contributed by atoms with van der Waals surface area (Å²) in [6.45, 7) is 15.3. The highest BCUT2D eigenvalue weighted by atomic mass is 14.9. The third kappa shape index (κ3) is 4.92. The number of hydrogen-bond donors (Lipinski definition) is 2. The fourth-order valence-corrected chi connectivity index (χ4v) is 1.93. The molecule has 0 amide bonds. The van der Waals surface area contributed by atoms with Gasteiger partial charge >= 0.3 is 0 Å². The van der Waals surface area contributed by atoms with Gasteiger partial charge in [0.1, 0.15) is 0 Å². The largest absolute Gasteiger partial charge is 0.356 e. The van der Waals surface area contributed by atoms with E-state index in [1.807, 2.05) is 6.92 Å². The Bertz CT molecular complexity index is 435. The van der Waals surface area contributed by atoms with Crippen LogP contribution in [0.15, 0.2) is 48.7 Å². The van der Waals surface area contributed by atoms with Crippen molar-refractivity contribution in [2.75, 3.05) is 11.9 Å². The average Bonchev–Trinajstić information content (AvgIpc) is 2.40. The van der Waals surface area contributed by atoms with E-state index in [1.54, 1.807) is 0 Å². The number of allylic oxidation sites excluding steroid dienone is 1. The van der Waals surface area contributed by atoms with E-state index in [-0.39, 0.29) is 0 Å². The molecule has 0 aliphatic heterocycles. The standard InChI is InChI=1S/C17H26N2/c1-6-11-18-17(7-2)15-9-8-10-16(12-15)19-14(5)13(3)4/h8-10,12,17-19H,3,5-7,11H2,1-2,4H3. The number of rotatable bonds is 8. The summed E-state index contributed by atoms with van der Waals surface area (Å²) >= 11 is 0. The van der Waals surface area contributed by atoms with Crippen molar-refractivity contribution in [3.63, 3.8) is 0 Å². The second kappa shape index (κ2) is 7.80. The van der Waals surface area contributed by atoms with Crippen molar-refractivity contribution in [3.8, 4) is 0 Å². The molecule has 0 bridgehead atoms. The lowest BCUT2D eigenvalue weighted by atomic mass is 10.0. The summed E-state index contributed by atoms with van der Waals surface area (Å²) in [5.74, 6) is 0. The zero-order valence-electron chi connectivity index (χ0n) is 12.4. The van der Waals surface area contributed by atoms with Crippen molar-refractivity contribution in [1.29, 1.82) is 0 Å². The molecule has 0 aliphatic carbocycles. The average molecular weight is 258 g/mol. The van der Waals surface area contributed by atoms with E-state index in [1.165, 1.54) is 5.56 Å². The van der Waals surface area contributed by atoms with Crippen LogP contribution in [0.3, 0.4) is 0 Å². The van der Waals surface area contributed by atoms with E-state index >= 15 is 0 Å². The first kappa shape index (κ1) is 15.5. The van der Waals surface area contributed by atoms with Gasteiger partial charge in [0.05, 0.1) is 0 Å². The maximum atomic E-state index is 3.97. The Morgan fingerprint density at radius 2 is 2.00 bits per heavy atom. The maximum Gasteiger partial charge on any atom is 0.0387 e. The van der Waals surface area contributed by atoms with Crippen LogP contribution in [-0.4, -0.2) is 6.54 Å². The maximum absolute atomic E-state index is 3.97. The van der Waals surface area contributed by atoms with Gasteiger partial charge in [-0.1, -0.05) is 39.1 Å². The van der Waals surface area contributed by atoms with Crippen molar-refractivity contribution in [2.45, 2.75) is 39.7 Å². The lowest BCUT2D eigenvalue weighted by molar-refractivity contribution is 0.518. The van der Waals surface area contributed by atoms with E-state index in [2.05, 4.69) is 61.9 Å². The molecule has 0 aliphatic rings. The second-order valence-electron chi connectivity index (χ2n) is 4.92. The predicted octanol–water partition coefficient (Wildman–Crippen LogP) is 4.64. The fraction of sp³-hybridized carbons (Fsp3) is 0.412. The Morgan fingerprint density at radius 3 is 2.58 bits per heavy atom. The SMILES string of the molecule is C=C(C)C(=C)Nc1cccc(C(CC)NCCC)c1. The molecular weight excluding hydrogens is 232 g/mol. The van der Waals surface area contributed by atoms with Gasteiger partial charge in [-0.25, -0.2) is 0 Å². The van der Waals surface area contributed by atoms with Gasteiger partial charge in [-0.15, -0.1) is 0 Å². The van der Waals surface area contributed by atoms with Gasteiger partial charge in [0.15, 0.2) is 0 Å². The molecule has 19 heavy (non-hydrogen) atoms. The molecule has 1 aromatic carbocycles. The van der Waals surface area contributed by atoms with E-state index in [0.29, 0.717) is 6.04 Å². The summed E-state index contributed by atoms with van der Waals surface area (Å²) in [5.41, 5.74) is 4.21. The molecule has 0 heterocycles. The normalized spacial score (nSPS) is 11.9. The highest BCUT2D eigenvalue weighted by molar-refractivity contribution is 5.53. The number of hydrogen-bond acceptors (Lipinski definition) is 2. The molecule has 0 saturated carbocycles. The van der Waals surface area contributed by atoms with Gasteiger partial charge in [-0.05, 0) is 49.6 Å². The molecule has 0 fully saturated rings. The van der Waals surface area contributed by atoms with Crippen molar-refractivity contribution in [3.05, 3.63) is 54.3 Å². The van der Waals surface area contributed by atoms with Crippen molar-refractivity contribution >= 4 is 5.69 Å². The van der Waals surface area contributed by atoms with Crippen molar-refractivity contribution in [1.82, 2.24) is 5.32 Å². The predicted molar refractivity (Wildman–Crippen MR) is 85.3 cm³/mol. The van der Waals surface area contributed by atoms with E-state index in [9.17, 15) is 0 Å². The molecule has 1 aromatic rings. The van der Waals surface area contributed by atoms with Gasteiger partial charge < -0.3 is 10.6 Å². The van der Waals surface area contributed by atoms with Gasteiger partial charge in [0, 0.05) is 17.4 Å². The summed E-state index contributed by atoms with van der Waals surface area (Å²) in [6, 6.07) is 8.92. The molecule has 1 atom stereocenters. The smallest absolute Gasteiger partial charge is 0.0387 e. The van der Waals surface area contributed by atoms with E-state index < -0.39 is 0 Å². The molecule has 2 heteroatoms. The van der Waals surface area contributed by atoms with Crippen LogP contribution < -0.4 is 10.6 Å². The molecule has 0 saturated heterocycles. The lowest BCUT2D eigenvalue weighted by Crippen LogP contribution is -2.21. The lowest BCUT2D eigenvalue weighted by Gasteiger charge is -2.18. The van der Waals surface area contributed by atoms with Crippen LogP contribution >= 0.6 is 0 Å². The summed E-state index contributed by atoms with van der Waals surface area (Å²) in [7, 11) is 0. The van der Waals surface area contributed by atoms with Crippen molar-refractivity contribution in [2.24, 2.45) is 0 Å². The van der Waals surface area contributed by atoms with Crippen LogP contribution in [0.1, 0.15) is 45.2 Å². The van der Waals surface area contributed by atoms with Gasteiger partial charge in [0.2, 0.25) is 0 Å². The first-order valence-corrected chi connectivity index (χ1v) is 7.03. The molecule has 2 N–H and O–H groups in total. The van der Waals surface area contributed by atoms with E-state index in [4.69, 9.17) is 0 Å². The molecule has 0 spiro atoms. The molecule has 104 valence electrons. The Balaban J connectivity index is 2.80. The van der Waals surface area contributed by atoms with Gasteiger partial charge in [-0.3, -0.25) is 0 Å². The first-order chi connectivity index (χ1) is 9.08.